The van der Waals surface area contributed by atoms with Crippen molar-refractivity contribution >= 4 is 0 Å². The van der Waals surface area contributed by atoms with Crippen LogP contribution >= 0.6 is 0 Å². The first kappa shape index (κ1) is 8.55. The van der Waals surface area contributed by atoms with Crippen LogP contribution < -0.4 is 0 Å². The zero-order valence-corrected chi connectivity index (χ0v) is 7.54. The van der Waals surface area contributed by atoms with E-state index in [0.29, 0.717) is 12.0 Å². The second kappa shape index (κ2) is 3.23. The molecule has 2 unspecified atom stereocenters. The molecule has 2 nitrogen and oxygen atoms in total. The van der Waals surface area contributed by atoms with Gasteiger partial charge in [0.15, 0.2) is 0 Å². The maximum Gasteiger partial charge on any atom is 0.0669 e. The summed E-state index contributed by atoms with van der Waals surface area (Å²) in [6, 6.07) is 2.96. The highest BCUT2D eigenvalue weighted by molar-refractivity contribution is 4.95. The summed E-state index contributed by atoms with van der Waals surface area (Å²) >= 11 is 0. The van der Waals surface area contributed by atoms with Gasteiger partial charge in [0, 0.05) is 12.6 Å². The maximum atomic E-state index is 8.71. The van der Waals surface area contributed by atoms with Crippen molar-refractivity contribution in [3.63, 3.8) is 0 Å². The van der Waals surface area contributed by atoms with Crippen LogP contribution in [0.2, 0.25) is 0 Å². The van der Waals surface area contributed by atoms with Gasteiger partial charge in [0.2, 0.25) is 0 Å². The van der Waals surface area contributed by atoms with Crippen molar-refractivity contribution in [1.82, 2.24) is 4.90 Å². The largest absolute Gasteiger partial charge is 0.302 e. The van der Waals surface area contributed by atoms with Gasteiger partial charge in [-0.3, -0.25) is 0 Å². The molecule has 0 aliphatic carbocycles. The summed E-state index contributed by atoms with van der Waals surface area (Å²) in [6.07, 6.45) is 1.06. The van der Waals surface area contributed by atoms with Crippen LogP contribution in [0.5, 0.6) is 0 Å². The highest BCUT2D eigenvalue weighted by Crippen LogP contribution is 2.25. The van der Waals surface area contributed by atoms with Crippen LogP contribution in [-0.4, -0.2) is 24.5 Å². The van der Waals surface area contributed by atoms with Crippen LogP contribution in [0.25, 0.3) is 0 Å². The van der Waals surface area contributed by atoms with Crippen LogP contribution in [0.3, 0.4) is 0 Å². The third-order valence-corrected chi connectivity index (χ3v) is 2.55. The number of nitrogens with zero attached hydrogens (tertiary/aromatic N) is 2. The molecule has 2 atom stereocenters. The lowest BCUT2D eigenvalue weighted by Gasteiger charge is -2.22. The van der Waals surface area contributed by atoms with E-state index in [1.54, 1.807) is 0 Å². The van der Waals surface area contributed by atoms with Crippen molar-refractivity contribution in [2.75, 3.05) is 13.6 Å². The Morgan fingerprint density at radius 1 is 1.55 bits per heavy atom. The average molecular weight is 152 g/mol. The van der Waals surface area contributed by atoms with E-state index in [1.165, 1.54) is 0 Å². The molecular formula is C9H16N2. The second-order valence-electron chi connectivity index (χ2n) is 3.81. The Bertz CT molecular complexity index is 169. The van der Waals surface area contributed by atoms with Crippen LogP contribution in [0, 0.1) is 23.2 Å². The Labute approximate surface area is 68.8 Å². The van der Waals surface area contributed by atoms with Crippen molar-refractivity contribution in [3.8, 4) is 6.07 Å². The van der Waals surface area contributed by atoms with Gasteiger partial charge in [0.25, 0.3) is 0 Å². The molecule has 0 aromatic carbocycles. The molecule has 0 spiro atoms. The fourth-order valence-corrected chi connectivity index (χ4v) is 1.90. The quantitative estimate of drug-likeness (QED) is 0.569. The van der Waals surface area contributed by atoms with Gasteiger partial charge in [0.05, 0.1) is 12.0 Å². The minimum atomic E-state index is 0.271. The van der Waals surface area contributed by atoms with Crippen molar-refractivity contribution < 1.29 is 0 Å². The van der Waals surface area contributed by atoms with Gasteiger partial charge in [-0.25, -0.2) is 0 Å². The highest BCUT2D eigenvalue weighted by Gasteiger charge is 2.30. The zero-order valence-electron chi connectivity index (χ0n) is 7.54. The Morgan fingerprint density at radius 2 is 2.18 bits per heavy atom. The SMILES string of the molecule is CC(C)C1CC(C#N)CN1C. The van der Waals surface area contributed by atoms with E-state index in [1.807, 2.05) is 0 Å². The Kier molecular flexibility index (Phi) is 2.51. The molecule has 0 bridgehead atoms. The summed E-state index contributed by atoms with van der Waals surface area (Å²) in [5, 5.41) is 8.71. The zero-order chi connectivity index (χ0) is 8.43. The van der Waals surface area contributed by atoms with Crippen molar-refractivity contribution in [1.29, 1.82) is 5.26 Å². The fraction of sp³-hybridized carbons (Fsp3) is 0.889. The van der Waals surface area contributed by atoms with Crippen molar-refractivity contribution in [2.24, 2.45) is 11.8 Å². The van der Waals surface area contributed by atoms with Gasteiger partial charge in [-0.15, -0.1) is 0 Å². The van der Waals surface area contributed by atoms with Crippen molar-refractivity contribution in [3.05, 3.63) is 0 Å². The number of hydrogen-bond acceptors (Lipinski definition) is 2. The van der Waals surface area contributed by atoms with Gasteiger partial charge in [-0.2, -0.15) is 5.26 Å². The normalized spacial score (nSPS) is 32.6. The molecule has 1 saturated heterocycles. The van der Waals surface area contributed by atoms with E-state index < -0.39 is 0 Å². The predicted molar refractivity (Wildman–Crippen MR) is 45.0 cm³/mol. The molecule has 1 aliphatic heterocycles. The second-order valence-corrected chi connectivity index (χ2v) is 3.81. The highest BCUT2D eigenvalue weighted by atomic mass is 15.2. The number of hydrogen-bond donors (Lipinski definition) is 0. The molecule has 1 rings (SSSR count). The van der Waals surface area contributed by atoms with Crippen LogP contribution in [-0.2, 0) is 0 Å². The lowest BCUT2D eigenvalue weighted by atomic mass is 9.98. The molecule has 0 aromatic heterocycles. The summed E-state index contributed by atoms with van der Waals surface area (Å²) in [5.41, 5.74) is 0. The lowest BCUT2D eigenvalue weighted by Crippen LogP contribution is -2.29. The Hall–Kier alpha value is -0.550. The first-order valence-corrected chi connectivity index (χ1v) is 4.25. The van der Waals surface area contributed by atoms with Crippen LogP contribution in [0.15, 0.2) is 0 Å². The van der Waals surface area contributed by atoms with E-state index in [4.69, 9.17) is 5.26 Å². The Morgan fingerprint density at radius 3 is 2.45 bits per heavy atom. The Balaban J connectivity index is 2.53. The summed E-state index contributed by atoms with van der Waals surface area (Å²) in [6.45, 7) is 5.40. The molecule has 0 aromatic rings. The minimum absolute atomic E-state index is 0.271. The predicted octanol–water partition coefficient (Wildman–Crippen LogP) is 1.49. The molecule has 0 N–H and O–H groups in total. The smallest absolute Gasteiger partial charge is 0.0669 e. The summed E-state index contributed by atoms with van der Waals surface area (Å²) < 4.78 is 0. The molecule has 0 radical (unpaired) electrons. The average Bonchev–Trinajstić information content (AvgIpc) is 2.30. The standard InChI is InChI=1S/C9H16N2/c1-7(2)9-4-8(5-10)6-11(9)3/h7-9H,4,6H2,1-3H3. The first-order valence-electron chi connectivity index (χ1n) is 4.25. The molecule has 2 heteroatoms. The molecule has 0 amide bonds. The number of nitriles is 1. The third kappa shape index (κ3) is 1.72. The number of likely N-dealkylation sites (tertiary alicyclic amines) is 1. The minimum Gasteiger partial charge on any atom is -0.302 e. The summed E-state index contributed by atoms with van der Waals surface area (Å²) in [4.78, 5) is 2.30. The van der Waals surface area contributed by atoms with E-state index in [0.717, 1.165) is 13.0 Å². The molecule has 62 valence electrons. The van der Waals surface area contributed by atoms with Gasteiger partial charge < -0.3 is 4.90 Å². The van der Waals surface area contributed by atoms with Gasteiger partial charge in [-0.1, -0.05) is 13.8 Å². The van der Waals surface area contributed by atoms with E-state index >= 15 is 0 Å². The molecule has 1 aliphatic rings. The van der Waals surface area contributed by atoms with E-state index in [-0.39, 0.29) is 5.92 Å². The maximum absolute atomic E-state index is 8.71. The van der Waals surface area contributed by atoms with Crippen LogP contribution in [0.4, 0.5) is 0 Å². The first-order chi connectivity index (χ1) is 5.15. The van der Waals surface area contributed by atoms with E-state index in [2.05, 4.69) is 31.9 Å². The van der Waals surface area contributed by atoms with E-state index in [9.17, 15) is 0 Å². The van der Waals surface area contributed by atoms with Gasteiger partial charge >= 0.3 is 0 Å². The van der Waals surface area contributed by atoms with Gasteiger partial charge in [0.1, 0.15) is 0 Å². The fourth-order valence-electron chi connectivity index (χ4n) is 1.90. The van der Waals surface area contributed by atoms with Crippen molar-refractivity contribution in [2.45, 2.75) is 26.3 Å². The molecule has 0 saturated carbocycles. The third-order valence-electron chi connectivity index (χ3n) is 2.55. The molecule has 11 heavy (non-hydrogen) atoms. The summed E-state index contributed by atoms with van der Waals surface area (Å²) in [5.74, 6) is 0.950. The van der Waals surface area contributed by atoms with Gasteiger partial charge in [-0.05, 0) is 19.4 Å². The summed E-state index contributed by atoms with van der Waals surface area (Å²) in [7, 11) is 2.11. The monoisotopic (exact) mass is 152 g/mol. The topological polar surface area (TPSA) is 27.0 Å². The number of rotatable bonds is 1. The van der Waals surface area contributed by atoms with Crippen LogP contribution in [0.1, 0.15) is 20.3 Å². The molecule has 1 heterocycles. The molecular weight excluding hydrogens is 136 g/mol. The molecule has 1 fully saturated rings. The lowest BCUT2D eigenvalue weighted by molar-refractivity contribution is 0.250.